The molecule has 0 aliphatic rings. The molecule has 0 aliphatic carbocycles. The van der Waals surface area contributed by atoms with Gasteiger partial charge in [-0.15, -0.1) is 0 Å². The molecular formula is C6H7N5O. The van der Waals surface area contributed by atoms with Crippen molar-refractivity contribution < 1.29 is 0 Å². The molecule has 12 heavy (non-hydrogen) atoms. The van der Waals surface area contributed by atoms with Gasteiger partial charge in [0.05, 0.1) is 5.69 Å². The topological polar surface area (TPSA) is 89.6 Å². The lowest BCUT2D eigenvalue weighted by Gasteiger charge is -1.94. The number of nitrogens with two attached hydrogens (primary N) is 1. The number of imidazole rings is 1. The molecule has 2 aromatic heterocycles. The van der Waals surface area contributed by atoms with Crippen molar-refractivity contribution in [2.24, 2.45) is 0 Å². The van der Waals surface area contributed by atoms with Crippen LogP contribution in [0.1, 0.15) is 5.69 Å². The zero-order chi connectivity index (χ0) is 8.72. The van der Waals surface area contributed by atoms with Crippen LogP contribution in [0.4, 0.5) is 0 Å². The fourth-order valence-electron chi connectivity index (χ4n) is 1.11. The van der Waals surface area contributed by atoms with Crippen LogP contribution in [-0.4, -0.2) is 19.6 Å². The van der Waals surface area contributed by atoms with Gasteiger partial charge < -0.3 is 5.84 Å². The van der Waals surface area contributed by atoms with Crippen molar-refractivity contribution in [3.63, 3.8) is 0 Å². The first-order valence-electron chi connectivity index (χ1n) is 3.37. The summed E-state index contributed by atoms with van der Waals surface area (Å²) < 4.78 is 1.00. The zero-order valence-corrected chi connectivity index (χ0v) is 6.40. The standard InChI is InChI=1S/C6H7N5O/c1-3-4-5(9-2-8-3)10-6(12)11(4)7/h2H,7H2,1H3,(H,8,9,10,12). The van der Waals surface area contributed by atoms with E-state index in [2.05, 4.69) is 15.0 Å². The third-order valence-electron chi connectivity index (χ3n) is 1.69. The number of hydrogen-bond donors (Lipinski definition) is 2. The van der Waals surface area contributed by atoms with Crippen molar-refractivity contribution >= 4 is 11.2 Å². The average molecular weight is 165 g/mol. The summed E-state index contributed by atoms with van der Waals surface area (Å²) in [4.78, 5) is 21.3. The van der Waals surface area contributed by atoms with Crippen molar-refractivity contribution in [1.82, 2.24) is 19.6 Å². The molecule has 0 fully saturated rings. The Bertz CT molecular complexity index is 482. The van der Waals surface area contributed by atoms with Crippen LogP contribution in [0.5, 0.6) is 0 Å². The van der Waals surface area contributed by atoms with Crippen LogP contribution >= 0.6 is 0 Å². The Labute approximate surface area is 67.0 Å². The van der Waals surface area contributed by atoms with E-state index in [0.717, 1.165) is 4.68 Å². The molecule has 0 aliphatic heterocycles. The number of aryl methyl sites for hydroxylation is 1. The van der Waals surface area contributed by atoms with Gasteiger partial charge in [-0.1, -0.05) is 0 Å². The first-order valence-corrected chi connectivity index (χ1v) is 3.37. The van der Waals surface area contributed by atoms with E-state index < -0.39 is 0 Å². The highest BCUT2D eigenvalue weighted by Crippen LogP contribution is 2.06. The average Bonchev–Trinajstić information content (AvgIpc) is 2.29. The molecule has 6 nitrogen and oxygen atoms in total. The maximum atomic E-state index is 11.0. The van der Waals surface area contributed by atoms with Gasteiger partial charge in [0.1, 0.15) is 11.8 Å². The maximum absolute atomic E-state index is 11.0. The predicted molar refractivity (Wildman–Crippen MR) is 43.0 cm³/mol. The van der Waals surface area contributed by atoms with Crippen LogP contribution < -0.4 is 11.5 Å². The third-order valence-corrected chi connectivity index (χ3v) is 1.69. The Morgan fingerprint density at radius 2 is 2.33 bits per heavy atom. The lowest BCUT2D eigenvalue weighted by molar-refractivity contribution is 0.958. The lowest BCUT2D eigenvalue weighted by atomic mass is 10.4. The highest BCUT2D eigenvalue weighted by atomic mass is 16.1. The SMILES string of the molecule is Cc1ncnc2[nH]c(=O)n(N)c12. The minimum atomic E-state index is -0.381. The Hall–Kier alpha value is -1.85. The smallest absolute Gasteiger partial charge is 0.335 e. The minimum absolute atomic E-state index is 0.381. The molecule has 0 unspecified atom stereocenters. The second-order valence-corrected chi connectivity index (χ2v) is 2.46. The van der Waals surface area contributed by atoms with Crippen molar-refractivity contribution in [3.05, 3.63) is 22.5 Å². The predicted octanol–water partition coefficient (Wildman–Crippen LogP) is -0.858. The molecule has 3 N–H and O–H groups in total. The summed E-state index contributed by atoms with van der Waals surface area (Å²) in [7, 11) is 0. The summed E-state index contributed by atoms with van der Waals surface area (Å²) in [6.07, 6.45) is 1.38. The first kappa shape index (κ1) is 6.84. The summed E-state index contributed by atoms with van der Waals surface area (Å²) in [6.45, 7) is 1.76. The van der Waals surface area contributed by atoms with Crippen LogP contribution in [0.25, 0.3) is 11.2 Å². The number of rotatable bonds is 0. The normalized spacial score (nSPS) is 10.8. The van der Waals surface area contributed by atoms with Crippen LogP contribution in [0.3, 0.4) is 0 Å². The molecule has 62 valence electrons. The molecule has 0 aromatic carbocycles. The van der Waals surface area contributed by atoms with Crippen molar-refractivity contribution in [2.75, 3.05) is 5.84 Å². The van der Waals surface area contributed by atoms with Gasteiger partial charge >= 0.3 is 5.69 Å². The zero-order valence-electron chi connectivity index (χ0n) is 6.40. The van der Waals surface area contributed by atoms with Crippen LogP contribution in [0.2, 0.25) is 0 Å². The number of hydrogen-bond acceptors (Lipinski definition) is 4. The Morgan fingerprint density at radius 1 is 1.58 bits per heavy atom. The highest BCUT2D eigenvalue weighted by molar-refractivity contribution is 5.72. The van der Waals surface area contributed by atoms with E-state index in [-0.39, 0.29) is 5.69 Å². The molecule has 0 radical (unpaired) electrons. The molecule has 0 spiro atoms. The van der Waals surface area contributed by atoms with Gasteiger partial charge in [-0.05, 0) is 6.92 Å². The van der Waals surface area contributed by atoms with Gasteiger partial charge in [0.25, 0.3) is 0 Å². The Kier molecular flexibility index (Phi) is 1.18. The van der Waals surface area contributed by atoms with Crippen LogP contribution in [0, 0.1) is 6.92 Å². The summed E-state index contributed by atoms with van der Waals surface area (Å²) in [5.74, 6) is 5.43. The number of aromatic nitrogens is 4. The molecular weight excluding hydrogens is 158 g/mol. The summed E-state index contributed by atoms with van der Waals surface area (Å²) in [6, 6.07) is 0. The summed E-state index contributed by atoms with van der Waals surface area (Å²) in [5.41, 5.74) is 1.31. The second-order valence-electron chi connectivity index (χ2n) is 2.46. The number of aromatic amines is 1. The number of nitrogens with zero attached hydrogens (tertiary/aromatic N) is 3. The number of H-pyrrole nitrogens is 1. The number of nitrogens with one attached hydrogen (secondary N) is 1. The van der Waals surface area contributed by atoms with Crippen LogP contribution in [0.15, 0.2) is 11.1 Å². The number of fused-ring (bicyclic) bond motifs is 1. The summed E-state index contributed by atoms with van der Waals surface area (Å²) in [5, 5.41) is 0. The fourth-order valence-corrected chi connectivity index (χ4v) is 1.11. The second kappa shape index (κ2) is 2.07. The van der Waals surface area contributed by atoms with E-state index in [9.17, 15) is 4.79 Å². The van der Waals surface area contributed by atoms with E-state index in [1.165, 1.54) is 6.33 Å². The maximum Gasteiger partial charge on any atom is 0.346 e. The van der Waals surface area contributed by atoms with Gasteiger partial charge in [-0.3, -0.25) is 4.98 Å². The molecule has 0 saturated heterocycles. The molecule has 0 bridgehead atoms. The van der Waals surface area contributed by atoms with E-state index in [0.29, 0.717) is 16.9 Å². The van der Waals surface area contributed by atoms with Gasteiger partial charge in [0, 0.05) is 0 Å². The number of nitrogen functional groups attached to an aromatic ring is 1. The summed E-state index contributed by atoms with van der Waals surface area (Å²) >= 11 is 0. The van der Waals surface area contributed by atoms with Gasteiger partial charge in [0.2, 0.25) is 0 Å². The Balaban J connectivity index is 3.07. The quantitative estimate of drug-likeness (QED) is 0.497. The van der Waals surface area contributed by atoms with Crippen molar-refractivity contribution in [3.8, 4) is 0 Å². The monoisotopic (exact) mass is 165 g/mol. The van der Waals surface area contributed by atoms with E-state index in [4.69, 9.17) is 5.84 Å². The van der Waals surface area contributed by atoms with E-state index in [1.807, 2.05) is 0 Å². The largest absolute Gasteiger partial charge is 0.346 e. The molecule has 6 heteroatoms. The van der Waals surface area contributed by atoms with E-state index >= 15 is 0 Å². The van der Waals surface area contributed by atoms with E-state index in [1.54, 1.807) is 6.92 Å². The highest BCUT2D eigenvalue weighted by Gasteiger charge is 2.06. The first-order chi connectivity index (χ1) is 5.70. The van der Waals surface area contributed by atoms with Crippen LogP contribution in [-0.2, 0) is 0 Å². The molecule has 2 aromatic rings. The molecule has 2 heterocycles. The minimum Gasteiger partial charge on any atom is -0.335 e. The molecule has 2 rings (SSSR count). The van der Waals surface area contributed by atoms with Crippen molar-refractivity contribution in [2.45, 2.75) is 6.92 Å². The molecule has 0 atom stereocenters. The molecule has 0 saturated carbocycles. The van der Waals surface area contributed by atoms with Crippen molar-refractivity contribution in [1.29, 1.82) is 0 Å². The van der Waals surface area contributed by atoms with Gasteiger partial charge in [-0.25, -0.2) is 19.4 Å². The van der Waals surface area contributed by atoms with Gasteiger partial charge in [-0.2, -0.15) is 0 Å². The Morgan fingerprint density at radius 3 is 3.00 bits per heavy atom. The third kappa shape index (κ3) is 0.714. The lowest BCUT2D eigenvalue weighted by Crippen LogP contribution is -2.24. The molecule has 0 amide bonds. The van der Waals surface area contributed by atoms with Gasteiger partial charge in [0.15, 0.2) is 5.65 Å². The fraction of sp³-hybridized carbons (Fsp3) is 0.167.